The third-order valence-corrected chi connectivity index (χ3v) is 4.26. The lowest BCUT2D eigenvalue weighted by atomic mass is 9.74. The summed E-state index contributed by atoms with van der Waals surface area (Å²) in [4.78, 5) is 9.25. The van der Waals surface area contributed by atoms with Crippen molar-refractivity contribution < 1.29 is 4.74 Å². The SMILES string of the molecule is CC1CCC(c2ncc3c(n2)CC(C)(C)CC3N)O1. The highest BCUT2D eigenvalue weighted by atomic mass is 16.5. The van der Waals surface area contributed by atoms with Crippen molar-refractivity contribution in [1.82, 2.24) is 9.97 Å². The van der Waals surface area contributed by atoms with E-state index in [-0.39, 0.29) is 17.6 Å². The Hall–Kier alpha value is -1.00. The molecule has 2 N–H and O–H groups in total. The summed E-state index contributed by atoms with van der Waals surface area (Å²) >= 11 is 0. The van der Waals surface area contributed by atoms with E-state index in [0.717, 1.165) is 42.8 Å². The van der Waals surface area contributed by atoms with Gasteiger partial charge in [-0.05, 0) is 38.0 Å². The van der Waals surface area contributed by atoms with Gasteiger partial charge in [-0.1, -0.05) is 13.8 Å². The van der Waals surface area contributed by atoms with Crippen LogP contribution in [0.3, 0.4) is 0 Å². The summed E-state index contributed by atoms with van der Waals surface area (Å²) in [5, 5.41) is 0. The van der Waals surface area contributed by atoms with E-state index in [2.05, 4.69) is 25.8 Å². The van der Waals surface area contributed by atoms with Crippen LogP contribution in [-0.4, -0.2) is 16.1 Å². The van der Waals surface area contributed by atoms with Gasteiger partial charge < -0.3 is 10.5 Å². The Balaban J connectivity index is 1.91. The summed E-state index contributed by atoms with van der Waals surface area (Å²) in [5.74, 6) is 0.841. The zero-order valence-electron chi connectivity index (χ0n) is 12.0. The van der Waals surface area contributed by atoms with E-state index in [1.807, 2.05) is 6.20 Å². The highest BCUT2D eigenvalue weighted by molar-refractivity contribution is 5.26. The normalized spacial score (nSPS) is 33.2. The van der Waals surface area contributed by atoms with Gasteiger partial charge in [0.05, 0.1) is 6.10 Å². The first-order valence-electron chi connectivity index (χ1n) is 7.21. The van der Waals surface area contributed by atoms with Crippen LogP contribution in [0.2, 0.25) is 0 Å². The van der Waals surface area contributed by atoms with E-state index in [0.29, 0.717) is 6.10 Å². The molecule has 2 heterocycles. The average molecular weight is 261 g/mol. The first-order valence-corrected chi connectivity index (χ1v) is 7.21. The molecule has 0 saturated carbocycles. The van der Waals surface area contributed by atoms with Crippen molar-refractivity contribution in [3.8, 4) is 0 Å². The number of hydrogen-bond donors (Lipinski definition) is 1. The molecule has 3 unspecified atom stereocenters. The molecule has 1 aromatic heterocycles. The number of nitrogens with zero attached hydrogens (tertiary/aromatic N) is 2. The fourth-order valence-corrected chi connectivity index (χ4v) is 3.27. The van der Waals surface area contributed by atoms with Crippen LogP contribution in [0.1, 0.15) is 69.3 Å². The minimum atomic E-state index is 0.0659. The highest BCUT2D eigenvalue weighted by Crippen LogP contribution is 2.39. The van der Waals surface area contributed by atoms with Gasteiger partial charge in [0.25, 0.3) is 0 Å². The first kappa shape index (κ1) is 13.0. The van der Waals surface area contributed by atoms with Crippen molar-refractivity contribution >= 4 is 0 Å². The van der Waals surface area contributed by atoms with Crippen molar-refractivity contribution in [2.24, 2.45) is 11.1 Å². The van der Waals surface area contributed by atoms with Crippen molar-refractivity contribution in [2.45, 2.75) is 64.7 Å². The van der Waals surface area contributed by atoms with Crippen LogP contribution in [0.4, 0.5) is 0 Å². The molecule has 0 spiro atoms. The zero-order chi connectivity index (χ0) is 13.6. The van der Waals surface area contributed by atoms with Crippen LogP contribution in [0.25, 0.3) is 0 Å². The van der Waals surface area contributed by atoms with Crippen LogP contribution in [0.15, 0.2) is 6.20 Å². The molecule has 104 valence electrons. The third-order valence-electron chi connectivity index (χ3n) is 4.26. The van der Waals surface area contributed by atoms with Gasteiger partial charge in [-0.2, -0.15) is 0 Å². The molecule has 0 amide bonds. The largest absolute Gasteiger partial charge is 0.367 e. The topological polar surface area (TPSA) is 61.0 Å². The minimum absolute atomic E-state index is 0.0659. The predicted molar refractivity (Wildman–Crippen MR) is 73.6 cm³/mol. The van der Waals surface area contributed by atoms with Crippen LogP contribution < -0.4 is 5.73 Å². The molecule has 4 nitrogen and oxygen atoms in total. The van der Waals surface area contributed by atoms with Gasteiger partial charge in [-0.3, -0.25) is 0 Å². The molecule has 1 aliphatic carbocycles. The molecule has 3 rings (SSSR count). The molecular formula is C15H23N3O. The molecule has 2 aliphatic rings. The van der Waals surface area contributed by atoms with Crippen LogP contribution in [-0.2, 0) is 11.2 Å². The van der Waals surface area contributed by atoms with Crippen molar-refractivity contribution in [3.05, 3.63) is 23.3 Å². The molecule has 0 aromatic carbocycles. The van der Waals surface area contributed by atoms with Crippen molar-refractivity contribution in [1.29, 1.82) is 0 Å². The van der Waals surface area contributed by atoms with Gasteiger partial charge in [0.15, 0.2) is 5.82 Å². The number of rotatable bonds is 1. The lowest BCUT2D eigenvalue weighted by Gasteiger charge is -2.34. The van der Waals surface area contributed by atoms with Gasteiger partial charge in [0, 0.05) is 23.5 Å². The second kappa shape index (κ2) is 4.53. The molecule has 4 heteroatoms. The molecule has 3 atom stereocenters. The third kappa shape index (κ3) is 2.51. The zero-order valence-corrected chi connectivity index (χ0v) is 12.0. The Morgan fingerprint density at radius 2 is 2.16 bits per heavy atom. The number of nitrogens with two attached hydrogens (primary N) is 1. The van der Waals surface area contributed by atoms with E-state index >= 15 is 0 Å². The summed E-state index contributed by atoms with van der Waals surface area (Å²) in [7, 11) is 0. The molecule has 0 radical (unpaired) electrons. The average Bonchev–Trinajstić information content (AvgIpc) is 2.73. The smallest absolute Gasteiger partial charge is 0.157 e. The van der Waals surface area contributed by atoms with E-state index in [9.17, 15) is 0 Å². The predicted octanol–water partition coefficient (Wildman–Crippen LogP) is 2.69. The van der Waals surface area contributed by atoms with E-state index in [1.54, 1.807) is 0 Å². The lowest BCUT2D eigenvalue weighted by Crippen LogP contribution is -2.31. The van der Waals surface area contributed by atoms with Crippen LogP contribution >= 0.6 is 0 Å². The monoisotopic (exact) mass is 261 g/mol. The maximum atomic E-state index is 6.24. The standard InChI is InChI=1S/C15H23N3O/c1-9-4-5-13(19-9)14-17-8-10-11(16)6-15(2,3)7-12(10)18-14/h8-9,11,13H,4-7,16H2,1-3H3. The van der Waals surface area contributed by atoms with Crippen LogP contribution in [0.5, 0.6) is 0 Å². The van der Waals surface area contributed by atoms with Gasteiger partial charge in [-0.15, -0.1) is 0 Å². The maximum Gasteiger partial charge on any atom is 0.157 e. The number of aromatic nitrogens is 2. The van der Waals surface area contributed by atoms with Crippen molar-refractivity contribution in [2.75, 3.05) is 0 Å². The quantitative estimate of drug-likeness (QED) is 0.844. The van der Waals surface area contributed by atoms with E-state index in [4.69, 9.17) is 15.5 Å². The number of ether oxygens (including phenoxy) is 1. The van der Waals surface area contributed by atoms with Crippen molar-refractivity contribution in [3.63, 3.8) is 0 Å². The second-order valence-corrected chi connectivity index (χ2v) is 6.79. The molecule has 1 aliphatic heterocycles. The summed E-state index contributed by atoms with van der Waals surface area (Å²) in [5.41, 5.74) is 8.70. The fourth-order valence-electron chi connectivity index (χ4n) is 3.27. The fraction of sp³-hybridized carbons (Fsp3) is 0.733. The summed E-state index contributed by atoms with van der Waals surface area (Å²) in [6.07, 6.45) is 6.41. The highest BCUT2D eigenvalue weighted by Gasteiger charge is 2.33. The lowest BCUT2D eigenvalue weighted by molar-refractivity contribution is 0.0499. The van der Waals surface area contributed by atoms with E-state index in [1.165, 1.54) is 0 Å². The van der Waals surface area contributed by atoms with Crippen LogP contribution in [0, 0.1) is 5.41 Å². The van der Waals surface area contributed by atoms with Gasteiger partial charge >= 0.3 is 0 Å². The Morgan fingerprint density at radius 1 is 1.37 bits per heavy atom. The van der Waals surface area contributed by atoms with E-state index < -0.39 is 0 Å². The molecule has 1 aromatic rings. The summed E-state index contributed by atoms with van der Waals surface area (Å²) in [6, 6.07) is 0.0659. The second-order valence-electron chi connectivity index (χ2n) is 6.79. The molecule has 1 saturated heterocycles. The minimum Gasteiger partial charge on any atom is -0.367 e. The number of fused-ring (bicyclic) bond motifs is 1. The Morgan fingerprint density at radius 3 is 2.84 bits per heavy atom. The Kier molecular flexibility index (Phi) is 3.10. The molecule has 0 bridgehead atoms. The summed E-state index contributed by atoms with van der Waals surface area (Å²) < 4.78 is 5.86. The van der Waals surface area contributed by atoms with Gasteiger partial charge in [0.2, 0.25) is 0 Å². The Bertz CT molecular complexity index is 486. The Labute approximate surface area is 114 Å². The number of hydrogen-bond acceptors (Lipinski definition) is 4. The molecule has 19 heavy (non-hydrogen) atoms. The van der Waals surface area contributed by atoms with Gasteiger partial charge in [-0.25, -0.2) is 9.97 Å². The molecular weight excluding hydrogens is 238 g/mol. The van der Waals surface area contributed by atoms with Gasteiger partial charge in [0.1, 0.15) is 6.10 Å². The first-order chi connectivity index (χ1) is 8.94. The maximum absolute atomic E-state index is 6.24. The molecule has 1 fully saturated rings. The summed E-state index contributed by atoms with van der Waals surface area (Å²) in [6.45, 7) is 6.62.